The standard InChI is InChI=1S/C15H10Cl2N2/c16-9-7-12-10-3-1-2-4-11(10)15-18-5-6-19(15)14(12)13(17)8-9/h1-4,7-8H,5-6H2. The Morgan fingerprint density at radius 2 is 1.79 bits per heavy atom. The quantitative estimate of drug-likeness (QED) is 0.708. The van der Waals surface area contributed by atoms with E-state index in [9.17, 15) is 0 Å². The molecular weight excluding hydrogens is 279 g/mol. The number of anilines is 1. The van der Waals surface area contributed by atoms with E-state index in [1.54, 1.807) is 6.07 Å². The molecule has 0 saturated carbocycles. The van der Waals surface area contributed by atoms with Crippen molar-refractivity contribution in [3.8, 4) is 11.1 Å². The second-order valence-electron chi connectivity index (χ2n) is 4.69. The molecule has 0 N–H and O–H groups in total. The van der Waals surface area contributed by atoms with Crippen LogP contribution in [-0.2, 0) is 0 Å². The lowest BCUT2D eigenvalue weighted by atomic mass is 9.93. The summed E-state index contributed by atoms with van der Waals surface area (Å²) in [5, 5.41) is 1.35. The second-order valence-corrected chi connectivity index (χ2v) is 5.53. The number of fused-ring (bicyclic) bond motifs is 6. The molecule has 0 bridgehead atoms. The third-order valence-corrected chi connectivity index (χ3v) is 4.10. The third kappa shape index (κ3) is 1.54. The van der Waals surface area contributed by atoms with Gasteiger partial charge in [0, 0.05) is 22.7 Å². The molecule has 0 amide bonds. The number of rotatable bonds is 0. The minimum atomic E-state index is 0.665. The van der Waals surface area contributed by atoms with E-state index in [4.69, 9.17) is 23.2 Å². The Hall–Kier alpha value is -1.51. The van der Waals surface area contributed by atoms with E-state index in [-0.39, 0.29) is 0 Å². The monoisotopic (exact) mass is 288 g/mol. The molecule has 0 radical (unpaired) electrons. The highest BCUT2D eigenvalue weighted by Gasteiger charge is 2.31. The Labute approximate surface area is 121 Å². The van der Waals surface area contributed by atoms with Crippen molar-refractivity contribution in [3.63, 3.8) is 0 Å². The van der Waals surface area contributed by atoms with Gasteiger partial charge < -0.3 is 4.90 Å². The first kappa shape index (κ1) is 11.3. The molecule has 94 valence electrons. The second kappa shape index (κ2) is 3.99. The van der Waals surface area contributed by atoms with E-state index in [2.05, 4.69) is 22.0 Å². The summed E-state index contributed by atoms with van der Waals surface area (Å²) in [4.78, 5) is 6.80. The normalized spacial score (nSPS) is 15.7. The van der Waals surface area contributed by atoms with Gasteiger partial charge in [-0.05, 0) is 17.7 Å². The fraction of sp³-hybridized carbons (Fsp3) is 0.133. The van der Waals surface area contributed by atoms with Crippen molar-refractivity contribution in [2.75, 3.05) is 18.0 Å². The number of hydrogen-bond donors (Lipinski definition) is 0. The molecule has 0 spiro atoms. The third-order valence-electron chi connectivity index (χ3n) is 3.60. The van der Waals surface area contributed by atoms with Gasteiger partial charge in [0.2, 0.25) is 0 Å². The maximum Gasteiger partial charge on any atom is 0.136 e. The molecule has 4 rings (SSSR count). The van der Waals surface area contributed by atoms with E-state index in [0.29, 0.717) is 10.0 Å². The van der Waals surface area contributed by atoms with Crippen molar-refractivity contribution >= 4 is 34.7 Å². The molecule has 0 aromatic heterocycles. The number of benzene rings is 2. The summed E-state index contributed by atoms with van der Waals surface area (Å²) in [5.41, 5.74) is 4.43. The van der Waals surface area contributed by atoms with Crippen molar-refractivity contribution in [3.05, 3.63) is 52.0 Å². The summed E-state index contributed by atoms with van der Waals surface area (Å²) >= 11 is 12.6. The molecule has 0 unspecified atom stereocenters. The number of nitrogens with zero attached hydrogens (tertiary/aromatic N) is 2. The van der Waals surface area contributed by atoms with Gasteiger partial charge in [0.05, 0.1) is 17.3 Å². The summed E-state index contributed by atoms with van der Waals surface area (Å²) in [6.45, 7) is 1.68. The fourth-order valence-electron chi connectivity index (χ4n) is 2.85. The molecule has 0 saturated heterocycles. The molecule has 2 aromatic carbocycles. The lowest BCUT2D eigenvalue weighted by Crippen LogP contribution is -2.32. The van der Waals surface area contributed by atoms with Gasteiger partial charge in [-0.15, -0.1) is 0 Å². The number of aliphatic imine (C=N–C) groups is 1. The summed E-state index contributed by atoms with van der Waals surface area (Å²) in [6, 6.07) is 12.0. The zero-order valence-electron chi connectivity index (χ0n) is 10.0. The highest BCUT2D eigenvalue weighted by atomic mass is 35.5. The first-order chi connectivity index (χ1) is 9.25. The van der Waals surface area contributed by atoms with Gasteiger partial charge in [0.15, 0.2) is 0 Å². The van der Waals surface area contributed by atoms with Gasteiger partial charge in [-0.3, -0.25) is 4.99 Å². The van der Waals surface area contributed by atoms with Crippen LogP contribution >= 0.6 is 23.2 Å². The van der Waals surface area contributed by atoms with Crippen LogP contribution in [0.3, 0.4) is 0 Å². The molecule has 2 aliphatic heterocycles. The zero-order valence-corrected chi connectivity index (χ0v) is 11.5. The Kier molecular flexibility index (Phi) is 2.38. The predicted octanol–water partition coefficient (Wildman–Crippen LogP) is 4.24. The minimum Gasteiger partial charge on any atom is -0.322 e. The van der Waals surface area contributed by atoms with Gasteiger partial charge >= 0.3 is 0 Å². The molecule has 2 aliphatic rings. The van der Waals surface area contributed by atoms with E-state index in [1.165, 1.54) is 0 Å². The van der Waals surface area contributed by atoms with Crippen molar-refractivity contribution in [1.29, 1.82) is 0 Å². The van der Waals surface area contributed by atoms with Gasteiger partial charge in [-0.2, -0.15) is 0 Å². The topological polar surface area (TPSA) is 15.6 Å². The van der Waals surface area contributed by atoms with Crippen LogP contribution in [0, 0.1) is 0 Å². The Balaban J connectivity index is 2.12. The summed E-state index contributed by atoms with van der Waals surface area (Å²) in [5.74, 6) is 1.02. The van der Waals surface area contributed by atoms with Crippen LogP contribution in [0.2, 0.25) is 10.0 Å². The van der Waals surface area contributed by atoms with Gasteiger partial charge in [0.25, 0.3) is 0 Å². The van der Waals surface area contributed by atoms with E-state index in [1.807, 2.05) is 18.2 Å². The predicted molar refractivity (Wildman–Crippen MR) is 80.6 cm³/mol. The highest BCUT2D eigenvalue weighted by Crippen LogP contribution is 2.45. The van der Waals surface area contributed by atoms with Gasteiger partial charge in [-0.1, -0.05) is 47.5 Å². The van der Waals surface area contributed by atoms with Crippen LogP contribution in [0.4, 0.5) is 5.69 Å². The smallest absolute Gasteiger partial charge is 0.136 e. The first-order valence-electron chi connectivity index (χ1n) is 6.16. The highest BCUT2D eigenvalue weighted by molar-refractivity contribution is 6.39. The molecule has 2 aromatic rings. The van der Waals surface area contributed by atoms with Gasteiger partial charge in [0.1, 0.15) is 5.84 Å². The SMILES string of the molecule is Clc1cc(Cl)c2c(c1)-c1ccccc1C1=NCCN12. The maximum absolute atomic E-state index is 6.40. The Morgan fingerprint density at radius 3 is 2.63 bits per heavy atom. The summed E-state index contributed by atoms with van der Waals surface area (Å²) in [7, 11) is 0. The molecular formula is C15H10Cl2N2. The lowest BCUT2D eigenvalue weighted by molar-refractivity contribution is 1.02. The number of amidine groups is 1. The molecule has 4 heteroatoms. The average Bonchev–Trinajstić information content (AvgIpc) is 2.87. The maximum atomic E-state index is 6.40. The zero-order chi connectivity index (χ0) is 13.0. The molecule has 0 atom stereocenters. The van der Waals surface area contributed by atoms with Crippen molar-refractivity contribution in [2.24, 2.45) is 4.99 Å². The van der Waals surface area contributed by atoms with Crippen LogP contribution in [-0.4, -0.2) is 18.9 Å². The van der Waals surface area contributed by atoms with Crippen LogP contribution in [0.5, 0.6) is 0 Å². The van der Waals surface area contributed by atoms with E-state index < -0.39 is 0 Å². The van der Waals surface area contributed by atoms with E-state index in [0.717, 1.165) is 41.3 Å². The van der Waals surface area contributed by atoms with Crippen LogP contribution in [0.15, 0.2) is 41.4 Å². The van der Waals surface area contributed by atoms with Crippen molar-refractivity contribution in [2.45, 2.75) is 0 Å². The minimum absolute atomic E-state index is 0.665. The fourth-order valence-corrected chi connectivity index (χ4v) is 3.45. The first-order valence-corrected chi connectivity index (χ1v) is 6.92. The number of hydrogen-bond acceptors (Lipinski definition) is 2. The molecule has 0 aliphatic carbocycles. The average molecular weight is 289 g/mol. The molecule has 19 heavy (non-hydrogen) atoms. The van der Waals surface area contributed by atoms with Gasteiger partial charge in [-0.25, -0.2) is 0 Å². The number of halogens is 2. The summed E-state index contributed by atoms with van der Waals surface area (Å²) < 4.78 is 0. The van der Waals surface area contributed by atoms with Crippen LogP contribution in [0.1, 0.15) is 5.56 Å². The molecule has 2 nitrogen and oxygen atoms in total. The lowest BCUT2D eigenvalue weighted by Gasteiger charge is -2.31. The van der Waals surface area contributed by atoms with E-state index >= 15 is 0 Å². The molecule has 2 heterocycles. The Morgan fingerprint density at radius 1 is 1.00 bits per heavy atom. The Bertz CT molecular complexity index is 722. The van der Waals surface area contributed by atoms with Crippen molar-refractivity contribution < 1.29 is 0 Å². The van der Waals surface area contributed by atoms with Crippen LogP contribution in [0.25, 0.3) is 11.1 Å². The van der Waals surface area contributed by atoms with Crippen LogP contribution < -0.4 is 4.90 Å². The summed E-state index contributed by atoms with van der Waals surface area (Å²) in [6.07, 6.45) is 0. The van der Waals surface area contributed by atoms with Crippen molar-refractivity contribution in [1.82, 2.24) is 0 Å². The largest absolute Gasteiger partial charge is 0.322 e. The molecule has 0 fully saturated rings.